The summed E-state index contributed by atoms with van der Waals surface area (Å²) in [6.07, 6.45) is 0. The lowest BCUT2D eigenvalue weighted by molar-refractivity contribution is 0.902. The molecule has 3 aromatic rings. The first-order valence-electron chi connectivity index (χ1n) is 7.18. The summed E-state index contributed by atoms with van der Waals surface area (Å²) in [5.41, 5.74) is 6.67. The van der Waals surface area contributed by atoms with E-state index in [2.05, 4.69) is 73.8 Å². The van der Waals surface area contributed by atoms with Crippen LogP contribution in [0.3, 0.4) is 0 Å². The van der Waals surface area contributed by atoms with E-state index >= 15 is 0 Å². The quantitative estimate of drug-likeness (QED) is 0.514. The van der Waals surface area contributed by atoms with Crippen LogP contribution in [0.25, 0.3) is 33.0 Å². The average molecular weight is 259 g/mol. The van der Waals surface area contributed by atoms with Crippen molar-refractivity contribution in [2.24, 2.45) is 0 Å². The first-order valence-corrected chi connectivity index (χ1v) is 7.18. The van der Waals surface area contributed by atoms with E-state index in [1.54, 1.807) is 0 Å². The number of fused-ring (bicyclic) bond motifs is 3. The van der Waals surface area contributed by atoms with E-state index in [-0.39, 0.29) is 0 Å². The molecule has 0 aliphatic heterocycles. The summed E-state index contributed by atoms with van der Waals surface area (Å²) in [6, 6.07) is 20.2. The Morgan fingerprint density at radius 1 is 0.700 bits per heavy atom. The van der Waals surface area contributed by atoms with Gasteiger partial charge in [-0.15, -0.1) is 0 Å². The van der Waals surface area contributed by atoms with Gasteiger partial charge in [0.1, 0.15) is 0 Å². The highest BCUT2D eigenvalue weighted by Gasteiger charge is 2.21. The second-order valence-electron chi connectivity index (χ2n) is 5.73. The molecule has 0 saturated heterocycles. The van der Waals surface area contributed by atoms with Gasteiger partial charge in [0.25, 0.3) is 0 Å². The van der Waals surface area contributed by atoms with E-state index in [1.165, 1.54) is 38.7 Å². The third-order valence-corrected chi connectivity index (χ3v) is 3.99. The van der Waals surface area contributed by atoms with Crippen molar-refractivity contribution in [3.05, 3.63) is 54.6 Å². The van der Waals surface area contributed by atoms with Crippen LogP contribution in [0.15, 0.2) is 54.6 Å². The molecular formula is C19H17N. The molecule has 1 N–H and O–H groups in total. The first kappa shape index (κ1) is 11.5. The highest BCUT2D eigenvalue weighted by atomic mass is 14.9. The Bertz CT molecular complexity index is 786. The van der Waals surface area contributed by atoms with Crippen molar-refractivity contribution in [3.8, 4) is 22.3 Å². The molecule has 0 atom stereocenters. The van der Waals surface area contributed by atoms with E-state index in [0.29, 0.717) is 6.04 Å². The molecule has 0 unspecified atom stereocenters. The molecular weight excluding hydrogens is 242 g/mol. The molecule has 4 rings (SSSR count). The molecule has 1 aliphatic rings. The molecule has 0 spiro atoms. The van der Waals surface area contributed by atoms with Gasteiger partial charge in [0, 0.05) is 17.1 Å². The zero-order valence-electron chi connectivity index (χ0n) is 11.8. The second kappa shape index (κ2) is 4.11. The van der Waals surface area contributed by atoms with E-state index < -0.39 is 0 Å². The molecule has 0 amide bonds. The van der Waals surface area contributed by atoms with Gasteiger partial charge < -0.3 is 5.32 Å². The zero-order chi connectivity index (χ0) is 13.7. The van der Waals surface area contributed by atoms with Gasteiger partial charge in [0.2, 0.25) is 0 Å². The molecule has 1 heteroatoms. The predicted molar refractivity (Wildman–Crippen MR) is 87.1 cm³/mol. The third kappa shape index (κ3) is 1.50. The second-order valence-corrected chi connectivity index (χ2v) is 5.73. The largest absolute Gasteiger partial charge is 0.382 e. The fourth-order valence-corrected chi connectivity index (χ4v) is 3.25. The molecule has 98 valence electrons. The predicted octanol–water partition coefficient (Wildman–Crippen LogP) is 5.31. The maximum absolute atomic E-state index is 3.56. The third-order valence-electron chi connectivity index (χ3n) is 3.99. The van der Waals surface area contributed by atoms with E-state index in [0.717, 1.165) is 0 Å². The highest BCUT2D eigenvalue weighted by Crippen LogP contribution is 2.48. The Morgan fingerprint density at radius 3 is 2.05 bits per heavy atom. The van der Waals surface area contributed by atoms with Gasteiger partial charge in [-0.3, -0.25) is 0 Å². The summed E-state index contributed by atoms with van der Waals surface area (Å²) < 4.78 is 0. The molecule has 20 heavy (non-hydrogen) atoms. The number of rotatable bonds is 2. The van der Waals surface area contributed by atoms with Crippen molar-refractivity contribution in [1.82, 2.24) is 0 Å². The van der Waals surface area contributed by atoms with Gasteiger partial charge in [0.15, 0.2) is 0 Å². The summed E-state index contributed by atoms with van der Waals surface area (Å²) in [5.74, 6) is 0. The van der Waals surface area contributed by atoms with Crippen molar-refractivity contribution in [2.75, 3.05) is 5.32 Å². The monoisotopic (exact) mass is 259 g/mol. The Balaban J connectivity index is 2.07. The van der Waals surface area contributed by atoms with Crippen LogP contribution >= 0.6 is 0 Å². The smallest absolute Gasteiger partial charge is 0.0422 e. The molecule has 0 saturated carbocycles. The standard InChI is InChI=1S/C19H17N/c1-12(2)20-18-11-10-16-14-7-4-3-6-13(14)15-8-5-9-17(18)19(15)16/h3-12,20H,1-2H3. The minimum absolute atomic E-state index is 0.441. The summed E-state index contributed by atoms with van der Waals surface area (Å²) >= 11 is 0. The highest BCUT2D eigenvalue weighted by molar-refractivity contribution is 6.18. The summed E-state index contributed by atoms with van der Waals surface area (Å²) in [7, 11) is 0. The Morgan fingerprint density at radius 2 is 1.35 bits per heavy atom. The van der Waals surface area contributed by atoms with E-state index in [4.69, 9.17) is 0 Å². The van der Waals surface area contributed by atoms with Gasteiger partial charge >= 0.3 is 0 Å². The molecule has 0 radical (unpaired) electrons. The van der Waals surface area contributed by atoms with E-state index in [1.807, 2.05) is 0 Å². The lowest BCUT2D eigenvalue weighted by atomic mass is 10.0. The molecule has 3 aromatic carbocycles. The van der Waals surface area contributed by atoms with Crippen molar-refractivity contribution in [3.63, 3.8) is 0 Å². The molecule has 1 aliphatic carbocycles. The van der Waals surface area contributed by atoms with Crippen LogP contribution in [0.1, 0.15) is 13.8 Å². The van der Waals surface area contributed by atoms with Crippen molar-refractivity contribution in [2.45, 2.75) is 19.9 Å². The van der Waals surface area contributed by atoms with Gasteiger partial charge in [-0.25, -0.2) is 0 Å². The van der Waals surface area contributed by atoms with Crippen LogP contribution in [-0.4, -0.2) is 6.04 Å². The Kier molecular flexibility index (Phi) is 2.37. The van der Waals surface area contributed by atoms with Crippen molar-refractivity contribution in [1.29, 1.82) is 0 Å². The van der Waals surface area contributed by atoms with Gasteiger partial charge in [-0.05, 0) is 47.6 Å². The Labute approximate surface area is 119 Å². The minimum Gasteiger partial charge on any atom is -0.382 e. The van der Waals surface area contributed by atoms with Crippen LogP contribution in [0.5, 0.6) is 0 Å². The van der Waals surface area contributed by atoms with Crippen molar-refractivity contribution < 1.29 is 0 Å². The van der Waals surface area contributed by atoms with E-state index in [9.17, 15) is 0 Å². The SMILES string of the molecule is CC(C)Nc1ccc2c3c(cccc13)-c1ccccc1-2. The minimum atomic E-state index is 0.441. The number of benzene rings is 3. The van der Waals surface area contributed by atoms with Gasteiger partial charge in [-0.2, -0.15) is 0 Å². The molecule has 0 heterocycles. The molecule has 0 aromatic heterocycles. The summed E-state index contributed by atoms with van der Waals surface area (Å²) in [6.45, 7) is 4.36. The van der Waals surface area contributed by atoms with Crippen molar-refractivity contribution >= 4 is 16.5 Å². The maximum Gasteiger partial charge on any atom is 0.0422 e. The number of hydrogen-bond acceptors (Lipinski definition) is 1. The summed E-state index contributed by atoms with van der Waals surface area (Å²) in [5, 5.41) is 6.27. The van der Waals surface area contributed by atoms with Crippen LogP contribution in [0.4, 0.5) is 5.69 Å². The molecule has 0 bridgehead atoms. The van der Waals surface area contributed by atoms with Crippen LogP contribution in [0, 0.1) is 0 Å². The summed E-state index contributed by atoms with van der Waals surface area (Å²) in [4.78, 5) is 0. The normalized spacial score (nSPS) is 11.9. The lowest BCUT2D eigenvalue weighted by Gasteiger charge is -2.14. The fraction of sp³-hybridized carbons (Fsp3) is 0.158. The van der Waals surface area contributed by atoms with Gasteiger partial charge in [0.05, 0.1) is 0 Å². The molecule has 0 fully saturated rings. The number of nitrogens with one attached hydrogen (secondary N) is 1. The van der Waals surface area contributed by atoms with Crippen LogP contribution in [0.2, 0.25) is 0 Å². The number of hydrogen-bond donors (Lipinski definition) is 1. The van der Waals surface area contributed by atoms with Crippen LogP contribution in [-0.2, 0) is 0 Å². The first-order chi connectivity index (χ1) is 9.75. The lowest BCUT2D eigenvalue weighted by Crippen LogP contribution is -2.09. The number of anilines is 1. The topological polar surface area (TPSA) is 12.0 Å². The van der Waals surface area contributed by atoms with Gasteiger partial charge in [-0.1, -0.05) is 48.5 Å². The molecule has 1 nitrogen and oxygen atoms in total. The zero-order valence-corrected chi connectivity index (χ0v) is 11.8. The van der Waals surface area contributed by atoms with Crippen LogP contribution < -0.4 is 5.32 Å². The fourth-order valence-electron chi connectivity index (χ4n) is 3.25. The Hall–Kier alpha value is -2.28. The average Bonchev–Trinajstić information content (AvgIpc) is 2.78. The maximum atomic E-state index is 3.56.